The van der Waals surface area contributed by atoms with Crippen LogP contribution in [0.5, 0.6) is 6.01 Å². The van der Waals surface area contributed by atoms with E-state index in [1.807, 2.05) is 0 Å². The van der Waals surface area contributed by atoms with E-state index in [1.165, 1.54) is 14.2 Å². The Kier molecular flexibility index (Phi) is 3.91. The van der Waals surface area contributed by atoms with Crippen molar-refractivity contribution >= 4 is 32.7 Å². The fourth-order valence-electron chi connectivity index (χ4n) is 1.60. The fourth-order valence-corrected chi connectivity index (χ4v) is 2.16. The summed E-state index contributed by atoms with van der Waals surface area (Å²) in [6.07, 6.45) is 0. The number of ether oxygens (including phenoxy) is 1. The minimum Gasteiger partial charge on any atom is -0.468 e. The third-order valence-corrected chi connectivity index (χ3v) is 3.83. The van der Waals surface area contributed by atoms with Gasteiger partial charge in [-0.05, 0) is 25.2 Å². The first-order valence-electron chi connectivity index (χ1n) is 5.68. The highest BCUT2D eigenvalue weighted by atomic mass is 32.2. The van der Waals surface area contributed by atoms with Crippen LogP contribution >= 0.6 is 0 Å². The van der Waals surface area contributed by atoms with E-state index in [1.54, 1.807) is 18.2 Å². The van der Waals surface area contributed by atoms with Gasteiger partial charge in [0.15, 0.2) is 0 Å². The van der Waals surface area contributed by atoms with Crippen LogP contribution in [-0.4, -0.2) is 44.2 Å². The highest BCUT2D eigenvalue weighted by Crippen LogP contribution is 2.19. The highest BCUT2D eigenvalue weighted by molar-refractivity contribution is 7.90. The second-order valence-electron chi connectivity index (χ2n) is 3.99. The molecule has 108 valence electrons. The maximum absolute atomic E-state index is 11.6. The van der Waals surface area contributed by atoms with Crippen LogP contribution in [0.15, 0.2) is 18.2 Å². The molecule has 0 aliphatic rings. The summed E-state index contributed by atoms with van der Waals surface area (Å²) in [4.78, 5) is 18.6. The third kappa shape index (κ3) is 3.25. The summed E-state index contributed by atoms with van der Waals surface area (Å²) in [7, 11) is -0.839. The van der Waals surface area contributed by atoms with E-state index in [4.69, 9.17) is 4.74 Å². The number of benzene rings is 1. The molecule has 0 aliphatic heterocycles. The van der Waals surface area contributed by atoms with Gasteiger partial charge in [-0.2, -0.15) is 4.98 Å². The number of carbonyl (C=O) groups excluding carboxylic acids is 1. The number of aromatic nitrogens is 2. The number of nitrogens with zero attached hydrogens (tertiary/aromatic N) is 1. The number of imidazole rings is 1. The van der Waals surface area contributed by atoms with Crippen LogP contribution in [-0.2, 0) is 14.8 Å². The van der Waals surface area contributed by atoms with E-state index in [0.29, 0.717) is 22.7 Å². The lowest BCUT2D eigenvalue weighted by molar-refractivity contribution is -0.113. The van der Waals surface area contributed by atoms with Crippen molar-refractivity contribution in [2.45, 2.75) is 0 Å². The van der Waals surface area contributed by atoms with Crippen LogP contribution in [0.1, 0.15) is 0 Å². The topological polar surface area (TPSA) is 113 Å². The van der Waals surface area contributed by atoms with Crippen molar-refractivity contribution in [1.29, 1.82) is 0 Å². The summed E-state index contributed by atoms with van der Waals surface area (Å²) in [6, 6.07) is 5.33. The Morgan fingerprint density at radius 1 is 1.45 bits per heavy atom. The molecule has 0 unspecified atom stereocenters. The molecule has 9 heteroatoms. The van der Waals surface area contributed by atoms with Gasteiger partial charge in [-0.15, -0.1) is 0 Å². The number of fused-ring (bicyclic) bond motifs is 1. The van der Waals surface area contributed by atoms with Gasteiger partial charge < -0.3 is 15.0 Å². The van der Waals surface area contributed by atoms with Gasteiger partial charge in [0.1, 0.15) is 5.75 Å². The Hall–Kier alpha value is -2.13. The summed E-state index contributed by atoms with van der Waals surface area (Å²) in [6.45, 7) is 0. The van der Waals surface area contributed by atoms with Gasteiger partial charge in [-0.25, -0.2) is 13.1 Å². The molecule has 2 rings (SSSR count). The number of amides is 1. The summed E-state index contributed by atoms with van der Waals surface area (Å²) in [5.74, 6) is -1.25. The largest absolute Gasteiger partial charge is 0.468 e. The normalized spacial score (nSPS) is 11.5. The Labute approximate surface area is 115 Å². The van der Waals surface area contributed by atoms with Crippen molar-refractivity contribution in [3.8, 4) is 6.01 Å². The molecule has 0 radical (unpaired) electrons. The standard InChI is InChI=1S/C11H14N4O4S/c1-12-20(17,18)6-10(16)13-7-3-4-8-9(5-7)15-11(14-8)19-2/h3-5,12H,6H2,1-2H3,(H,13,16)(H,14,15). The van der Waals surface area contributed by atoms with Gasteiger partial charge in [0.25, 0.3) is 6.01 Å². The molecule has 8 nitrogen and oxygen atoms in total. The first kappa shape index (κ1) is 14.3. The maximum atomic E-state index is 11.6. The molecule has 0 bridgehead atoms. The van der Waals surface area contributed by atoms with Crippen molar-refractivity contribution in [3.05, 3.63) is 18.2 Å². The van der Waals surface area contributed by atoms with Gasteiger partial charge in [0.2, 0.25) is 15.9 Å². The van der Waals surface area contributed by atoms with E-state index in [0.717, 1.165) is 0 Å². The number of sulfonamides is 1. The molecule has 1 amide bonds. The summed E-state index contributed by atoms with van der Waals surface area (Å²) >= 11 is 0. The van der Waals surface area contributed by atoms with Crippen LogP contribution in [0.2, 0.25) is 0 Å². The van der Waals surface area contributed by atoms with Crippen molar-refractivity contribution < 1.29 is 17.9 Å². The monoisotopic (exact) mass is 298 g/mol. The molecule has 1 aromatic heterocycles. The second kappa shape index (κ2) is 5.47. The van der Waals surface area contributed by atoms with Crippen molar-refractivity contribution in [2.75, 3.05) is 25.2 Å². The Bertz CT molecular complexity index is 738. The molecule has 3 N–H and O–H groups in total. The smallest absolute Gasteiger partial charge is 0.294 e. The molecule has 1 heterocycles. The lowest BCUT2D eigenvalue weighted by Crippen LogP contribution is -2.30. The summed E-state index contributed by atoms with van der Waals surface area (Å²) in [5.41, 5.74) is 1.83. The van der Waals surface area contributed by atoms with E-state index >= 15 is 0 Å². The molecular weight excluding hydrogens is 284 g/mol. The Balaban J connectivity index is 2.15. The molecule has 20 heavy (non-hydrogen) atoms. The SMILES string of the molecule is CNS(=O)(=O)CC(=O)Nc1ccc2nc(OC)[nH]c2c1. The molecule has 0 saturated carbocycles. The molecule has 0 saturated heterocycles. The number of carbonyl (C=O) groups is 1. The molecule has 0 aliphatic carbocycles. The molecule has 0 fully saturated rings. The first-order valence-corrected chi connectivity index (χ1v) is 7.33. The minimum absolute atomic E-state index is 0.362. The zero-order valence-electron chi connectivity index (χ0n) is 10.9. The van der Waals surface area contributed by atoms with E-state index in [2.05, 4.69) is 20.0 Å². The predicted octanol–water partition coefficient (Wildman–Crippen LogP) is 0.0592. The van der Waals surface area contributed by atoms with Crippen LogP contribution in [0.25, 0.3) is 11.0 Å². The summed E-state index contributed by atoms with van der Waals surface area (Å²) in [5, 5.41) is 2.51. The van der Waals surface area contributed by atoms with E-state index in [-0.39, 0.29) is 0 Å². The molecule has 1 aromatic carbocycles. The van der Waals surface area contributed by atoms with Crippen molar-refractivity contribution in [1.82, 2.24) is 14.7 Å². The number of rotatable bonds is 5. The molecule has 0 atom stereocenters. The number of H-pyrrole nitrogens is 1. The van der Waals surface area contributed by atoms with Gasteiger partial charge in [-0.1, -0.05) is 0 Å². The first-order chi connectivity index (χ1) is 9.43. The van der Waals surface area contributed by atoms with Gasteiger partial charge in [-0.3, -0.25) is 4.79 Å². The maximum Gasteiger partial charge on any atom is 0.294 e. The van der Waals surface area contributed by atoms with Crippen molar-refractivity contribution in [3.63, 3.8) is 0 Å². The minimum atomic E-state index is -3.58. The number of methoxy groups -OCH3 is 1. The van der Waals surface area contributed by atoms with Gasteiger partial charge in [0.05, 0.1) is 18.1 Å². The number of aromatic amines is 1. The Morgan fingerprint density at radius 2 is 2.20 bits per heavy atom. The van der Waals surface area contributed by atoms with E-state index < -0.39 is 21.7 Å². The van der Waals surface area contributed by atoms with Crippen LogP contribution in [0, 0.1) is 0 Å². The molecular formula is C11H14N4O4S. The van der Waals surface area contributed by atoms with Crippen molar-refractivity contribution in [2.24, 2.45) is 0 Å². The average molecular weight is 298 g/mol. The summed E-state index contributed by atoms with van der Waals surface area (Å²) < 4.78 is 29.5. The number of nitrogens with one attached hydrogen (secondary N) is 3. The van der Waals surface area contributed by atoms with Gasteiger partial charge in [0, 0.05) is 5.69 Å². The van der Waals surface area contributed by atoms with Crippen LogP contribution in [0.3, 0.4) is 0 Å². The number of hydrogen-bond donors (Lipinski definition) is 3. The third-order valence-electron chi connectivity index (χ3n) is 2.57. The second-order valence-corrected chi connectivity index (χ2v) is 5.92. The lowest BCUT2D eigenvalue weighted by Gasteiger charge is -2.05. The predicted molar refractivity (Wildman–Crippen MR) is 74.1 cm³/mol. The zero-order valence-corrected chi connectivity index (χ0v) is 11.7. The van der Waals surface area contributed by atoms with Crippen LogP contribution in [0.4, 0.5) is 5.69 Å². The van der Waals surface area contributed by atoms with Gasteiger partial charge >= 0.3 is 0 Å². The fraction of sp³-hybridized carbons (Fsp3) is 0.273. The quantitative estimate of drug-likeness (QED) is 0.722. The number of hydrogen-bond acceptors (Lipinski definition) is 5. The lowest BCUT2D eigenvalue weighted by atomic mass is 10.3. The zero-order chi connectivity index (χ0) is 14.8. The van der Waals surface area contributed by atoms with Crippen LogP contribution < -0.4 is 14.8 Å². The molecule has 0 spiro atoms. The average Bonchev–Trinajstić information content (AvgIpc) is 2.80. The highest BCUT2D eigenvalue weighted by Gasteiger charge is 2.14. The number of anilines is 1. The Morgan fingerprint density at radius 3 is 2.85 bits per heavy atom. The van der Waals surface area contributed by atoms with E-state index in [9.17, 15) is 13.2 Å². The molecule has 2 aromatic rings.